The number of benzene rings is 7. The van der Waals surface area contributed by atoms with Crippen molar-refractivity contribution >= 4 is 44.4 Å². The van der Waals surface area contributed by atoms with Gasteiger partial charge in [0.25, 0.3) is 0 Å². The van der Waals surface area contributed by atoms with Crippen molar-refractivity contribution in [3.05, 3.63) is 224 Å². The molecule has 10 rings (SSSR count). The molecule has 2 aliphatic rings. The van der Waals surface area contributed by atoms with E-state index in [-0.39, 0.29) is 0 Å². The SMILES string of the molecule is CC1C=C(c2ccc(N(c3ccc(C4C=CC=CC4)cc3)c3cccc(-c4cccc(-c5ccc6c(c5)c5ccccc5n6-c5ccccc5)c4)c3)cc2)C=CC1. The largest absolute Gasteiger partial charge is 0.310 e. The van der Waals surface area contributed by atoms with Crippen molar-refractivity contribution in [2.75, 3.05) is 4.90 Å². The van der Waals surface area contributed by atoms with E-state index in [1.54, 1.807) is 0 Å². The molecule has 1 aromatic heterocycles. The van der Waals surface area contributed by atoms with Crippen molar-refractivity contribution in [2.24, 2.45) is 5.92 Å². The van der Waals surface area contributed by atoms with E-state index in [0.29, 0.717) is 11.8 Å². The third-order valence-corrected chi connectivity index (χ3v) is 11.6. The van der Waals surface area contributed by atoms with Crippen molar-refractivity contribution in [3.8, 4) is 27.9 Å². The van der Waals surface area contributed by atoms with Gasteiger partial charge in [0.15, 0.2) is 0 Å². The van der Waals surface area contributed by atoms with Crippen LogP contribution in [0, 0.1) is 5.92 Å². The maximum Gasteiger partial charge on any atom is 0.0541 e. The second-order valence-electron chi connectivity index (χ2n) is 15.4. The number of anilines is 3. The van der Waals surface area contributed by atoms with Crippen molar-refractivity contribution in [2.45, 2.75) is 25.7 Å². The monoisotopic (exact) mass is 732 g/mol. The highest BCUT2D eigenvalue weighted by molar-refractivity contribution is 6.10. The Labute approximate surface area is 335 Å². The molecule has 2 heteroatoms. The average Bonchev–Trinajstić information content (AvgIpc) is 3.61. The molecule has 0 spiro atoms. The summed E-state index contributed by atoms with van der Waals surface area (Å²) in [5, 5.41) is 2.52. The smallest absolute Gasteiger partial charge is 0.0541 e. The van der Waals surface area contributed by atoms with Gasteiger partial charge in [0.2, 0.25) is 0 Å². The molecule has 2 atom stereocenters. The molecule has 0 aliphatic heterocycles. The first-order chi connectivity index (χ1) is 28.2. The van der Waals surface area contributed by atoms with Gasteiger partial charge in [0.05, 0.1) is 11.0 Å². The quantitative estimate of drug-likeness (QED) is 0.151. The molecule has 274 valence electrons. The summed E-state index contributed by atoms with van der Waals surface area (Å²) in [5.41, 5.74) is 15.7. The fraction of sp³-hybridized carbons (Fsp3) is 0.0909. The second kappa shape index (κ2) is 15.0. The number of aromatic nitrogens is 1. The van der Waals surface area contributed by atoms with Crippen LogP contribution in [0.25, 0.3) is 55.3 Å². The van der Waals surface area contributed by atoms with E-state index in [4.69, 9.17) is 0 Å². The van der Waals surface area contributed by atoms with Crippen molar-refractivity contribution in [1.29, 1.82) is 0 Å². The lowest BCUT2D eigenvalue weighted by Gasteiger charge is -2.27. The molecule has 0 saturated carbocycles. The Hall–Kier alpha value is -6.90. The second-order valence-corrected chi connectivity index (χ2v) is 15.4. The van der Waals surface area contributed by atoms with Crippen LogP contribution in [-0.4, -0.2) is 4.57 Å². The van der Waals surface area contributed by atoms with Crippen LogP contribution in [0.5, 0.6) is 0 Å². The van der Waals surface area contributed by atoms with E-state index >= 15 is 0 Å². The third kappa shape index (κ3) is 6.74. The molecule has 2 unspecified atom stereocenters. The Bertz CT molecular complexity index is 2850. The number of nitrogens with zero attached hydrogens (tertiary/aromatic N) is 2. The van der Waals surface area contributed by atoms with Gasteiger partial charge in [-0.2, -0.15) is 0 Å². The van der Waals surface area contributed by atoms with Gasteiger partial charge in [-0.3, -0.25) is 0 Å². The summed E-state index contributed by atoms with van der Waals surface area (Å²) in [5.74, 6) is 0.967. The summed E-state index contributed by atoms with van der Waals surface area (Å²) < 4.78 is 2.37. The normalized spacial score (nSPS) is 16.3. The first kappa shape index (κ1) is 34.6. The summed E-state index contributed by atoms with van der Waals surface area (Å²) in [4.78, 5) is 2.39. The fourth-order valence-electron chi connectivity index (χ4n) is 8.69. The molecule has 0 bridgehead atoms. The number of allylic oxidation sites excluding steroid dienone is 8. The van der Waals surface area contributed by atoms with Crippen molar-refractivity contribution in [1.82, 2.24) is 4.57 Å². The average molecular weight is 733 g/mol. The Morgan fingerprint density at radius 3 is 1.91 bits per heavy atom. The number of hydrogen-bond donors (Lipinski definition) is 0. The standard InChI is InChI=1S/C55H44N2/c1-39-13-10-16-43(35-39)42-27-32-50(33-28-42)56(49-30-25-41(26-31-49)40-14-4-2-5-15-40)51-22-12-19-46(37-51)44-17-11-18-45(36-44)47-29-34-55-53(38-47)52-23-8-9-24-54(52)57(55)48-20-6-3-7-21-48/h2-12,14,16-40H,13,15H2,1H3. The van der Waals surface area contributed by atoms with Gasteiger partial charge >= 0.3 is 0 Å². The van der Waals surface area contributed by atoms with Gasteiger partial charge in [-0.25, -0.2) is 0 Å². The maximum absolute atomic E-state index is 2.39. The van der Waals surface area contributed by atoms with E-state index in [2.05, 4.69) is 229 Å². The topological polar surface area (TPSA) is 8.17 Å². The summed E-state index contributed by atoms with van der Waals surface area (Å²) in [6.07, 6.45) is 18.0. The summed E-state index contributed by atoms with van der Waals surface area (Å²) in [6, 6.07) is 62.5. The Morgan fingerprint density at radius 1 is 0.491 bits per heavy atom. The minimum Gasteiger partial charge on any atom is -0.310 e. The van der Waals surface area contributed by atoms with Gasteiger partial charge in [-0.1, -0.05) is 147 Å². The highest BCUT2D eigenvalue weighted by atomic mass is 15.1. The Kier molecular flexibility index (Phi) is 9.08. The van der Waals surface area contributed by atoms with Gasteiger partial charge < -0.3 is 9.47 Å². The summed E-state index contributed by atoms with van der Waals surface area (Å²) >= 11 is 0. The predicted molar refractivity (Wildman–Crippen MR) is 243 cm³/mol. The zero-order chi connectivity index (χ0) is 38.1. The van der Waals surface area contributed by atoms with E-state index < -0.39 is 0 Å². The molecule has 8 aromatic rings. The molecule has 0 saturated heterocycles. The lowest BCUT2D eigenvalue weighted by molar-refractivity contribution is 0.740. The number of hydrogen-bond acceptors (Lipinski definition) is 1. The summed E-state index contributed by atoms with van der Waals surface area (Å²) in [7, 11) is 0. The molecule has 2 nitrogen and oxygen atoms in total. The molecular formula is C55H44N2. The van der Waals surface area contributed by atoms with Gasteiger partial charge in [0, 0.05) is 39.4 Å². The highest BCUT2D eigenvalue weighted by Gasteiger charge is 2.17. The molecule has 0 N–H and O–H groups in total. The number of para-hydroxylation sites is 2. The molecule has 0 radical (unpaired) electrons. The third-order valence-electron chi connectivity index (χ3n) is 11.6. The van der Waals surface area contributed by atoms with E-state index in [0.717, 1.165) is 29.9 Å². The Morgan fingerprint density at radius 2 is 1.16 bits per heavy atom. The molecule has 0 amide bonds. The van der Waals surface area contributed by atoms with Crippen LogP contribution in [0.1, 0.15) is 36.8 Å². The van der Waals surface area contributed by atoms with Gasteiger partial charge in [0.1, 0.15) is 0 Å². The van der Waals surface area contributed by atoms with E-state index in [1.165, 1.54) is 66.4 Å². The van der Waals surface area contributed by atoms with Crippen LogP contribution in [0.2, 0.25) is 0 Å². The predicted octanol–water partition coefficient (Wildman–Crippen LogP) is 15.2. The van der Waals surface area contributed by atoms with Crippen LogP contribution >= 0.6 is 0 Å². The van der Waals surface area contributed by atoms with Gasteiger partial charge in [-0.05, 0) is 131 Å². The van der Waals surface area contributed by atoms with Crippen LogP contribution in [0.3, 0.4) is 0 Å². The minimum absolute atomic E-state index is 0.412. The van der Waals surface area contributed by atoms with Gasteiger partial charge in [-0.15, -0.1) is 0 Å². The molecule has 57 heavy (non-hydrogen) atoms. The van der Waals surface area contributed by atoms with Crippen LogP contribution in [0.4, 0.5) is 17.1 Å². The van der Waals surface area contributed by atoms with E-state index in [9.17, 15) is 0 Å². The highest BCUT2D eigenvalue weighted by Crippen LogP contribution is 2.40. The van der Waals surface area contributed by atoms with Crippen LogP contribution < -0.4 is 4.90 Å². The molecular weight excluding hydrogens is 689 g/mol. The molecule has 7 aromatic carbocycles. The van der Waals surface area contributed by atoms with Crippen molar-refractivity contribution in [3.63, 3.8) is 0 Å². The number of fused-ring (bicyclic) bond motifs is 3. The minimum atomic E-state index is 0.412. The lowest BCUT2D eigenvalue weighted by Crippen LogP contribution is -2.10. The van der Waals surface area contributed by atoms with Crippen LogP contribution in [-0.2, 0) is 0 Å². The Balaban J connectivity index is 1.02. The first-order valence-corrected chi connectivity index (χ1v) is 20.2. The van der Waals surface area contributed by atoms with Crippen molar-refractivity contribution < 1.29 is 0 Å². The summed E-state index contributed by atoms with van der Waals surface area (Å²) in [6.45, 7) is 2.29. The molecule has 2 aliphatic carbocycles. The zero-order valence-electron chi connectivity index (χ0n) is 32.2. The fourth-order valence-corrected chi connectivity index (χ4v) is 8.69. The first-order valence-electron chi connectivity index (χ1n) is 20.2. The molecule has 0 fully saturated rings. The van der Waals surface area contributed by atoms with E-state index in [1.807, 2.05) is 0 Å². The maximum atomic E-state index is 2.39. The zero-order valence-corrected chi connectivity index (χ0v) is 32.2. The molecule has 1 heterocycles. The van der Waals surface area contributed by atoms with Crippen LogP contribution in [0.15, 0.2) is 212 Å². The lowest BCUT2D eigenvalue weighted by atomic mass is 9.92. The number of rotatable bonds is 8.